The van der Waals surface area contributed by atoms with Gasteiger partial charge in [-0.25, -0.2) is 4.39 Å². The largest absolute Gasteiger partial charge is 0.348 e. The number of H-pyrrole nitrogens is 1. The van der Waals surface area contributed by atoms with Crippen LogP contribution < -0.4 is 5.32 Å². The normalized spacial score (nSPS) is 15.3. The van der Waals surface area contributed by atoms with Crippen molar-refractivity contribution in [2.75, 3.05) is 13.1 Å². The van der Waals surface area contributed by atoms with E-state index in [2.05, 4.69) is 26.2 Å². The molecule has 0 aliphatic carbocycles. The third-order valence-electron chi connectivity index (χ3n) is 5.25. The first-order chi connectivity index (χ1) is 14.0. The fourth-order valence-electron chi connectivity index (χ4n) is 3.70. The van der Waals surface area contributed by atoms with Crippen LogP contribution in [0.25, 0.3) is 10.9 Å². The lowest BCUT2D eigenvalue weighted by Gasteiger charge is -2.31. The second-order valence-corrected chi connectivity index (χ2v) is 8.07. The molecule has 3 aromatic rings. The van der Waals surface area contributed by atoms with Crippen LogP contribution in [-0.2, 0) is 4.79 Å². The smallest absolute Gasteiger partial charge is 0.268 e. The molecule has 2 amide bonds. The van der Waals surface area contributed by atoms with E-state index in [0.29, 0.717) is 22.9 Å². The molecule has 0 radical (unpaired) electrons. The summed E-state index contributed by atoms with van der Waals surface area (Å²) in [5.74, 6) is -1.02. The number of likely N-dealkylation sites (tertiary alicyclic amines) is 1. The van der Waals surface area contributed by atoms with E-state index in [0.717, 1.165) is 24.8 Å². The van der Waals surface area contributed by atoms with Gasteiger partial charge < -0.3 is 15.2 Å². The van der Waals surface area contributed by atoms with Crippen LogP contribution in [0.4, 0.5) is 4.39 Å². The van der Waals surface area contributed by atoms with Crippen LogP contribution >= 0.6 is 15.9 Å². The molecule has 0 saturated carbocycles. The monoisotopic (exact) mass is 457 g/mol. The molecule has 0 spiro atoms. The fraction of sp³-hybridized carbons (Fsp3) is 0.273. The molecule has 1 aromatic heterocycles. The van der Waals surface area contributed by atoms with Crippen LogP contribution in [0.2, 0.25) is 0 Å². The maximum atomic E-state index is 14.3. The van der Waals surface area contributed by atoms with Crippen LogP contribution in [0.3, 0.4) is 0 Å². The molecule has 2 N–H and O–H groups in total. The Kier molecular flexibility index (Phi) is 5.67. The van der Waals surface area contributed by atoms with E-state index in [4.69, 9.17) is 0 Å². The van der Waals surface area contributed by atoms with E-state index in [1.807, 2.05) is 35.2 Å². The molecule has 7 heteroatoms. The summed E-state index contributed by atoms with van der Waals surface area (Å²) in [6.07, 6.45) is 3.05. The molecule has 0 bridgehead atoms. The average molecular weight is 458 g/mol. The van der Waals surface area contributed by atoms with Gasteiger partial charge in [-0.15, -0.1) is 0 Å². The van der Waals surface area contributed by atoms with E-state index >= 15 is 0 Å². The first kappa shape index (κ1) is 19.6. The summed E-state index contributed by atoms with van der Waals surface area (Å²) in [4.78, 5) is 30.8. The standard InChI is InChI=1S/C22H21BrFN3O2/c23-16-10-9-15-13-17(25-19(15)18(16)24)21(28)26-20(14-7-3-1-4-8-14)22(29)27-11-5-2-6-12-27/h1,3-4,7-10,13,20,25H,2,5-6,11-12H2,(H,26,28). The molecular formula is C22H21BrFN3O2. The third-order valence-corrected chi connectivity index (χ3v) is 5.87. The van der Waals surface area contributed by atoms with Crippen molar-refractivity contribution in [1.82, 2.24) is 15.2 Å². The predicted molar refractivity (Wildman–Crippen MR) is 113 cm³/mol. The van der Waals surface area contributed by atoms with Crippen molar-refractivity contribution in [2.45, 2.75) is 25.3 Å². The zero-order valence-corrected chi connectivity index (χ0v) is 17.3. The molecule has 1 atom stereocenters. The number of carbonyl (C=O) groups excluding carboxylic acids is 2. The Morgan fingerprint density at radius 2 is 1.79 bits per heavy atom. The Morgan fingerprint density at radius 1 is 1.07 bits per heavy atom. The molecule has 2 aromatic carbocycles. The van der Waals surface area contributed by atoms with Gasteiger partial charge in [0.2, 0.25) is 5.91 Å². The summed E-state index contributed by atoms with van der Waals surface area (Å²) in [7, 11) is 0. The lowest BCUT2D eigenvalue weighted by molar-refractivity contribution is -0.134. The predicted octanol–water partition coefficient (Wildman–Crippen LogP) is 4.55. The number of halogens is 2. The number of rotatable bonds is 4. The zero-order chi connectivity index (χ0) is 20.4. The summed E-state index contributed by atoms with van der Waals surface area (Å²) >= 11 is 3.15. The molecule has 2 heterocycles. The van der Waals surface area contributed by atoms with Crippen molar-refractivity contribution >= 4 is 38.6 Å². The Morgan fingerprint density at radius 3 is 2.52 bits per heavy atom. The van der Waals surface area contributed by atoms with Crippen molar-refractivity contribution in [3.05, 3.63) is 70.1 Å². The second-order valence-electron chi connectivity index (χ2n) is 7.21. The zero-order valence-electron chi connectivity index (χ0n) is 15.8. The van der Waals surface area contributed by atoms with Crippen LogP contribution in [0, 0.1) is 5.82 Å². The number of carbonyl (C=O) groups is 2. The van der Waals surface area contributed by atoms with Crippen molar-refractivity contribution in [3.63, 3.8) is 0 Å². The number of aromatic nitrogens is 1. The molecule has 4 rings (SSSR count). The van der Waals surface area contributed by atoms with Crippen molar-refractivity contribution < 1.29 is 14.0 Å². The molecule has 5 nitrogen and oxygen atoms in total. The van der Waals surface area contributed by atoms with Crippen LogP contribution in [0.5, 0.6) is 0 Å². The van der Waals surface area contributed by atoms with Gasteiger partial charge >= 0.3 is 0 Å². The van der Waals surface area contributed by atoms with Gasteiger partial charge in [-0.1, -0.05) is 36.4 Å². The van der Waals surface area contributed by atoms with Crippen LogP contribution in [-0.4, -0.2) is 34.8 Å². The Balaban J connectivity index is 1.62. The number of hydrogen-bond donors (Lipinski definition) is 2. The molecular weight excluding hydrogens is 437 g/mol. The maximum absolute atomic E-state index is 14.3. The van der Waals surface area contributed by atoms with Crippen molar-refractivity contribution in [3.8, 4) is 0 Å². The quantitative estimate of drug-likeness (QED) is 0.603. The van der Waals surface area contributed by atoms with Crippen molar-refractivity contribution in [2.24, 2.45) is 0 Å². The highest BCUT2D eigenvalue weighted by Gasteiger charge is 2.29. The van der Waals surface area contributed by atoms with Crippen LogP contribution in [0.15, 0.2) is 53.0 Å². The summed E-state index contributed by atoms with van der Waals surface area (Å²) < 4.78 is 14.6. The Labute approximate surface area is 176 Å². The van der Waals surface area contributed by atoms with Gasteiger partial charge in [0.25, 0.3) is 5.91 Å². The number of piperidine rings is 1. The SMILES string of the molecule is O=C(NC(C(=O)N1CCCCC1)c1ccccc1)c1cc2ccc(Br)c(F)c2[nH]1. The highest BCUT2D eigenvalue weighted by molar-refractivity contribution is 9.10. The van der Waals surface area contributed by atoms with E-state index < -0.39 is 17.8 Å². The lowest BCUT2D eigenvalue weighted by atomic mass is 10.0. The molecule has 1 aliphatic heterocycles. The topological polar surface area (TPSA) is 65.2 Å². The van der Waals surface area contributed by atoms with Gasteiger partial charge in [0, 0.05) is 18.5 Å². The van der Waals surface area contributed by atoms with E-state index in [9.17, 15) is 14.0 Å². The highest BCUT2D eigenvalue weighted by atomic mass is 79.9. The summed E-state index contributed by atoms with van der Waals surface area (Å²) in [6.45, 7) is 1.40. The third kappa shape index (κ3) is 4.05. The molecule has 29 heavy (non-hydrogen) atoms. The number of fused-ring (bicyclic) bond motifs is 1. The number of nitrogens with one attached hydrogen (secondary N) is 2. The van der Waals surface area contributed by atoms with Crippen LogP contribution in [0.1, 0.15) is 41.4 Å². The van der Waals surface area contributed by atoms with E-state index in [1.54, 1.807) is 18.2 Å². The number of nitrogens with zero attached hydrogens (tertiary/aromatic N) is 1. The number of aromatic amines is 1. The summed E-state index contributed by atoms with van der Waals surface area (Å²) in [5, 5.41) is 3.44. The van der Waals surface area contributed by atoms with Gasteiger partial charge in [0.15, 0.2) is 5.82 Å². The Hall–Kier alpha value is -2.67. The first-order valence-corrected chi connectivity index (χ1v) is 10.5. The minimum absolute atomic E-state index is 0.116. The van der Waals surface area contributed by atoms with E-state index in [-0.39, 0.29) is 17.1 Å². The summed E-state index contributed by atoms with van der Waals surface area (Å²) in [5.41, 5.74) is 1.19. The molecule has 1 aliphatic rings. The molecule has 1 unspecified atom stereocenters. The van der Waals surface area contributed by atoms with Crippen molar-refractivity contribution in [1.29, 1.82) is 0 Å². The number of benzene rings is 2. The van der Waals surface area contributed by atoms with Gasteiger partial charge in [-0.3, -0.25) is 9.59 Å². The number of amides is 2. The average Bonchev–Trinajstić information content (AvgIpc) is 3.21. The minimum atomic E-state index is -0.787. The van der Waals surface area contributed by atoms with E-state index in [1.165, 1.54) is 0 Å². The van der Waals surface area contributed by atoms with Gasteiger partial charge in [-0.2, -0.15) is 0 Å². The minimum Gasteiger partial charge on any atom is -0.348 e. The first-order valence-electron chi connectivity index (χ1n) is 9.66. The maximum Gasteiger partial charge on any atom is 0.268 e. The lowest BCUT2D eigenvalue weighted by Crippen LogP contribution is -2.45. The van der Waals surface area contributed by atoms with Gasteiger partial charge in [-0.05, 0) is 52.9 Å². The fourth-order valence-corrected chi connectivity index (χ4v) is 4.03. The molecule has 1 fully saturated rings. The van der Waals surface area contributed by atoms with Gasteiger partial charge in [0.1, 0.15) is 11.7 Å². The highest BCUT2D eigenvalue weighted by Crippen LogP contribution is 2.26. The summed E-state index contributed by atoms with van der Waals surface area (Å²) in [6, 6.07) is 13.3. The van der Waals surface area contributed by atoms with Gasteiger partial charge in [0.05, 0.1) is 9.99 Å². The Bertz CT molecular complexity index is 1040. The molecule has 1 saturated heterocycles. The second kappa shape index (κ2) is 8.37. The molecule has 150 valence electrons. The number of hydrogen-bond acceptors (Lipinski definition) is 2.